The molecular weight excluding hydrogens is 292 g/mol. The second-order valence-corrected chi connectivity index (χ2v) is 5.08. The van der Waals surface area contributed by atoms with Crippen LogP contribution in [-0.4, -0.2) is 32.0 Å². The van der Waals surface area contributed by atoms with Crippen molar-refractivity contribution in [1.82, 2.24) is 10.6 Å². The molecule has 2 aromatic rings. The van der Waals surface area contributed by atoms with Crippen molar-refractivity contribution >= 4 is 11.8 Å². The highest BCUT2D eigenvalue weighted by atomic mass is 16.5. The van der Waals surface area contributed by atoms with E-state index in [0.717, 1.165) is 5.56 Å². The molecule has 0 unspecified atom stereocenters. The van der Waals surface area contributed by atoms with Crippen LogP contribution in [-0.2, 0) is 0 Å². The second-order valence-electron chi connectivity index (χ2n) is 5.08. The monoisotopic (exact) mass is 312 g/mol. The third-order valence-electron chi connectivity index (χ3n) is 3.33. The summed E-state index contributed by atoms with van der Waals surface area (Å²) in [6.07, 6.45) is 0. The Morgan fingerprint density at radius 1 is 0.957 bits per heavy atom. The van der Waals surface area contributed by atoms with Gasteiger partial charge in [0.25, 0.3) is 11.8 Å². The number of aryl methyl sites for hydroxylation is 1. The predicted molar refractivity (Wildman–Crippen MR) is 88.8 cm³/mol. The van der Waals surface area contributed by atoms with Crippen LogP contribution >= 0.6 is 0 Å². The van der Waals surface area contributed by atoms with Gasteiger partial charge in [0.2, 0.25) is 0 Å². The van der Waals surface area contributed by atoms with Gasteiger partial charge >= 0.3 is 0 Å². The lowest BCUT2D eigenvalue weighted by Crippen LogP contribution is -2.34. The number of benzene rings is 2. The van der Waals surface area contributed by atoms with E-state index in [1.54, 1.807) is 30.3 Å². The van der Waals surface area contributed by atoms with Gasteiger partial charge in [-0.05, 0) is 31.2 Å². The minimum atomic E-state index is -0.229. The standard InChI is InChI=1S/C18H20N2O3/c1-13-6-5-7-14(12-13)17(21)19-10-11-20-18(22)15-8-3-4-9-16(15)23-2/h3-9,12H,10-11H2,1-2H3,(H,19,21)(H,20,22). The van der Waals surface area contributed by atoms with Crippen molar-refractivity contribution in [2.45, 2.75) is 6.92 Å². The Bertz CT molecular complexity index is 698. The molecule has 0 aliphatic carbocycles. The molecule has 2 rings (SSSR count). The fourth-order valence-electron chi connectivity index (χ4n) is 2.17. The molecule has 0 fully saturated rings. The first-order valence-corrected chi connectivity index (χ1v) is 7.38. The number of nitrogens with one attached hydrogen (secondary N) is 2. The zero-order valence-corrected chi connectivity index (χ0v) is 13.3. The number of amides is 2. The Kier molecular flexibility index (Phi) is 5.74. The molecule has 2 aromatic carbocycles. The Hall–Kier alpha value is -2.82. The summed E-state index contributed by atoms with van der Waals surface area (Å²) >= 11 is 0. The minimum Gasteiger partial charge on any atom is -0.496 e. The minimum absolute atomic E-state index is 0.153. The summed E-state index contributed by atoms with van der Waals surface area (Å²) < 4.78 is 5.15. The molecule has 0 aliphatic rings. The summed E-state index contributed by atoms with van der Waals surface area (Å²) in [7, 11) is 1.52. The molecule has 0 atom stereocenters. The van der Waals surface area contributed by atoms with Crippen LogP contribution in [0.2, 0.25) is 0 Å². The van der Waals surface area contributed by atoms with Crippen LogP contribution in [0.5, 0.6) is 5.75 Å². The van der Waals surface area contributed by atoms with Crippen molar-refractivity contribution in [3.63, 3.8) is 0 Å². The third kappa shape index (κ3) is 4.57. The van der Waals surface area contributed by atoms with E-state index < -0.39 is 0 Å². The van der Waals surface area contributed by atoms with Crippen molar-refractivity contribution in [3.8, 4) is 5.75 Å². The Morgan fingerprint density at radius 2 is 1.65 bits per heavy atom. The van der Waals surface area contributed by atoms with E-state index in [4.69, 9.17) is 4.74 Å². The summed E-state index contributed by atoms with van der Waals surface area (Å²) in [5.74, 6) is 0.140. The molecule has 0 bridgehead atoms. The molecule has 0 saturated heterocycles. The summed E-state index contributed by atoms with van der Waals surface area (Å²) in [5, 5.41) is 5.53. The van der Waals surface area contributed by atoms with Crippen LogP contribution in [0.3, 0.4) is 0 Å². The number of hydrogen-bond donors (Lipinski definition) is 2. The Morgan fingerprint density at radius 3 is 2.35 bits per heavy atom. The topological polar surface area (TPSA) is 67.4 Å². The fraction of sp³-hybridized carbons (Fsp3) is 0.222. The van der Waals surface area contributed by atoms with E-state index in [-0.39, 0.29) is 11.8 Å². The molecule has 0 aliphatic heterocycles. The van der Waals surface area contributed by atoms with Gasteiger partial charge < -0.3 is 15.4 Å². The van der Waals surface area contributed by atoms with Gasteiger partial charge in [-0.15, -0.1) is 0 Å². The van der Waals surface area contributed by atoms with Gasteiger partial charge in [0, 0.05) is 18.7 Å². The first kappa shape index (κ1) is 16.5. The summed E-state index contributed by atoms with van der Waals surface area (Å²) in [6, 6.07) is 14.4. The smallest absolute Gasteiger partial charge is 0.255 e. The van der Waals surface area contributed by atoms with Crippen LogP contribution in [0.15, 0.2) is 48.5 Å². The number of carbonyl (C=O) groups is 2. The molecule has 0 saturated carbocycles. The lowest BCUT2D eigenvalue weighted by molar-refractivity contribution is 0.0926. The van der Waals surface area contributed by atoms with Gasteiger partial charge in [0.15, 0.2) is 0 Å². The zero-order chi connectivity index (χ0) is 16.7. The number of carbonyl (C=O) groups excluding carboxylic acids is 2. The van der Waals surface area contributed by atoms with Gasteiger partial charge in [-0.25, -0.2) is 0 Å². The van der Waals surface area contributed by atoms with Crippen molar-refractivity contribution in [2.24, 2.45) is 0 Å². The number of para-hydroxylation sites is 1. The van der Waals surface area contributed by atoms with E-state index in [9.17, 15) is 9.59 Å². The number of ether oxygens (including phenoxy) is 1. The highest BCUT2D eigenvalue weighted by molar-refractivity contribution is 5.97. The molecule has 23 heavy (non-hydrogen) atoms. The van der Waals surface area contributed by atoms with Crippen molar-refractivity contribution in [2.75, 3.05) is 20.2 Å². The van der Waals surface area contributed by atoms with Gasteiger partial charge in [-0.2, -0.15) is 0 Å². The fourth-order valence-corrected chi connectivity index (χ4v) is 2.17. The number of rotatable bonds is 6. The predicted octanol–water partition coefficient (Wildman–Crippen LogP) is 2.16. The lowest BCUT2D eigenvalue weighted by Gasteiger charge is -2.10. The molecule has 0 radical (unpaired) electrons. The lowest BCUT2D eigenvalue weighted by atomic mass is 10.1. The average molecular weight is 312 g/mol. The summed E-state index contributed by atoms with van der Waals surface area (Å²) in [5.41, 5.74) is 2.11. The first-order valence-electron chi connectivity index (χ1n) is 7.38. The summed E-state index contributed by atoms with van der Waals surface area (Å²) in [4.78, 5) is 24.0. The maximum absolute atomic E-state index is 12.1. The Labute approximate surface area is 135 Å². The highest BCUT2D eigenvalue weighted by Crippen LogP contribution is 2.16. The normalized spacial score (nSPS) is 10.0. The van der Waals surface area contributed by atoms with Crippen molar-refractivity contribution < 1.29 is 14.3 Å². The molecule has 0 heterocycles. The van der Waals surface area contributed by atoms with Crippen LogP contribution in [0.25, 0.3) is 0 Å². The molecule has 0 spiro atoms. The average Bonchev–Trinajstić information content (AvgIpc) is 2.58. The highest BCUT2D eigenvalue weighted by Gasteiger charge is 2.11. The van der Waals surface area contributed by atoms with E-state index in [1.807, 2.05) is 25.1 Å². The van der Waals surface area contributed by atoms with Gasteiger partial charge in [-0.1, -0.05) is 29.8 Å². The van der Waals surface area contributed by atoms with E-state index in [2.05, 4.69) is 10.6 Å². The van der Waals surface area contributed by atoms with E-state index in [1.165, 1.54) is 7.11 Å². The van der Waals surface area contributed by atoms with Crippen molar-refractivity contribution in [1.29, 1.82) is 0 Å². The van der Waals surface area contributed by atoms with Crippen LogP contribution in [0.1, 0.15) is 26.3 Å². The zero-order valence-electron chi connectivity index (χ0n) is 13.3. The summed E-state index contributed by atoms with van der Waals surface area (Å²) in [6.45, 7) is 2.63. The van der Waals surface area contributed by atoms with E-state index in [0.29, 0.717) is 30.0 Å². The molecule has 5 heteroatoms. The van der Waals surface area contributed by atoms with E-state index >= 15 is 0 Å². The molecule has 120 valence electrons. The molecular formula is C18H20N2O3. The number of hydrogen-bond acceptors (Lipinski definition) is 3. The SMILES string of the molecule is COc1ccccc1C(=O)NCCNC(=O)c1cccc(C)c1. The maximum atomic E-state index is 12.1. The molecule has 2 amide bonds. The first-order chi connectivity index (χ1) is 11.1. The van der Waals surface area contributed by atoms with Crippen LogP contribution in [0.4, 0.5) is 0 Å². The molecule has 5 nitrogen and oxygen atoms in total. The van der Waals surface area contributed by atoms with Crippen molar-refractivity contribution in [3.05, 3.63) is 65.2 Å². The largest absolute Gasteiger partial charge is 0.496 e. The quantitative estimate of drug-likeness (QED) is 0.803. The van der Waals surface area contributed by atoms with Crippen LogP contribution in [0, 0.1) is 6.92 Å². The van der Waals surface area contributed by atoms with Gasteiger partial charge in [0.1, 0.15) is 5.75 Å². The number of methoxy groups -OCH3 is 1. The second kappa shape index (κ2) is 7.98. The maximum Gasteiger partial charge on any atom is 0.255 e. The third-order valence-corrected chi connectivity index (χ3v) is 3.33. The Balaban J connectivity index is 1.81. The molecule has 0 aromatic heterocycles. The van der Waals surface area contributed by atoms with Gasteiger partial charge in [0.05, 0.1) is 12.7 Å². The van der Waals surface area contributed by atoms with Crippen LogP contribution < -0.4 is 15.4 Å². The van der Waals surface area contributed by atoms with Gasteiger partial charge in [-0.3, -0.25) is 9.59 Å². The molecule has 2 N–H and O–H groups in total.